The van der Waals surface area contributed by atoms with E-state index in [1.165, 1.54) is 0 Å². The van der Waals surface area contributed by atoms with Crippen molar-refractivity contribution in [1.82, 2.24) is 4.90 Å². The highest BCUT2D eigenvalue weighted by atomic mass is 15.1. The van der Waals surface area contributed by atoms with Gasteiger partial charge in [0.05, 0.1) is 0 Å². The Bertz CT molecular complexity index is 179. The van der Waals surface area contributed by atoms with Crippen molar-refractivity contribution >= 4 is 0 Å². The Morgan fingerprint density at radius 1 is 1.15 bits per heavy atom. The highest BCUT2D eigenvalue weighted by molar-refractivity contribution is 5.15. The van der Waals surface area contributed by atoms with Gasteiger partial charge in [-0.15, -0.1) is 0 Å². The Balaban J connectivity index is 3.57. The number of likely N-dealkylation sites (N-methyl/N-ethyl adjacent to an activating group) is 1. The van der Waals surface area contributed by atoms with Crippen LogP contribution in [0.3, 0.4) is 0 Å². The fourth-order valence-electron chi connectivity index (χ4n) is 0.999. The summed E-state index contributed by atoms with van der Waals surface area (Å²) in [7, 11) is 0. The molecule has 0 aromatic rings. The lowest BCUT2D eigenvalue weighted by Crippen LogP contribution is -2.22. The zero-order valence-electron chi connectivity index (χ0n) is 9.14. The molecule has 0 aromatic heterocycles. The van der Waals surface area contributed by atoms with E-state index in [0.717, 1.165) is 32.5 Å². The maximum absolute atomic E-state index is 3.09. The second kappa shape index (κ2) is 9.35. The summed E-state index contributed by atoms with van der Waals surface area (Å²) < 4.78 is 0. The molecule has 0 radical (unpaired) electrons. The summed E-state index contributed by atoms with van der Waals surface area (Å²) in [5.41, 5.74) is 0. The Labute approximate surface area is 82.8 Å². The van der Waals surface area contributed by atoms with Gasteiger partial charge in [-0.25, -0.2) is 0 Å². The van der Waals surface area contributed by atoms with Gasteiger partial charge in [0.1, 0.15) is 0 Å². The fraction of sp³-hybridized carbons (Fsp3) is 0.667. The number of unbranched alkanes of at least 4 members (excludes halogenated alkanes) is 1. The first-order valence-electron chi connectivity index (χ1n) is 5.20. The largest absolute Gasteiger partial charge is 0.300 e. The third-order valence-electron chi connectivity index (χ3n) is 1.94. The van der Waals surface area contributed by atoms with Gasteiger partial charge in [0.2, 0.25) is 0 Å². The molecule has 74 valence electrons. The number of hydrogen-bond acceptors (Lipinski definition) is 1. The van der Waals surface area contributed by atoms with E-state index in [1.807, 2.05) is 6.08 Å². The number of nitrogens with zero attached hydrogens (tertiary/aromatic N) is 1. The Hall–Kier alpha value is -0.740. The molecule has 13 heavy (non-hydrogen) atoms. The Kier molecular flexibility index (Phi) is 8.82. The van der Waals surface area contributed by atoms with E-state index in [1.54, 1.807) is 0 Å². The average molecular weight is 179 g/mol. The van der Waals surface area contributed by atoms with Gasteiger partial charge in [0.15, 0.2) is 0 Å². The normalized spacial score (nSPS) is 10.5. The van der Waals surface area contributed by atoms with E-state index in [0.29, 0.717) is 0 Å². The molecule has 0 spiro atoms. The van der Waals surface area contributed by atoms with Crippen LogP contribution in [0.2, 0.25) is 0 Å². The molecule has 0 amide bonds. The van der Waals surface area contributed by atoms with E-state index in [4.69, 9.17) is 0 Å². The minimum atomic E-state index is 1.01. The molecular weight excluding hydrogens is 158 g/mol. The average Bonchev–Trinajstić information content (AvgIpc) is 2.17. The molecule has 0 fully saturated rings. The standard InChI is InChI=1S/C12H21N/c1-4-7-8-9-10-11-12-13(5-2)6-3/h10-11H,4-7,12H2,1-3H3. The molecule has 1 heteroatoms. The lowest BCUT2D eigenvalue weighted by atomic mass is 10.3. The molecule has 0 atom stereocenters. The second-order valence-corrected chi connectivity index (χ2v) is 2.96. The first-order valence-corrected chi connectivity index (χ1v) is 5.20. The van der Waals surface area contributed by atoms with Gasteiger partial charge in [-0.2, -0.15) is 0 Å². The first-order chi connectivity index (χ1) is 6.35. The van der Waals surface area contributed by atoms with E-state index >= 15 is 0 Å². The predicted molar refractivity (Wildman–Crippen MR) is 59.6 cm³/mol. The van der Waals surface area contributed by atoms with Gasteiger partial charge < -0.3 is 4.90 Å². The van der Waals surface area contributed by atoms with E-state index < -0.39 is 0 Å². The van der Waals surface area contributed by atoms with Crippen LogP contribution >= 0.6 is 0 Å². The van der Waals surface area contributed by atoms with Crippen molar-refractivity contribution in [2.75, 3.05) is 19.6 Å². The van der Waals surface area contributed by atoms with Crippen LogP contribution in [0.25, 0.3) is 0 Å². The molecule has 0 aliphatic rings. The predicted octanol–water partition coefficient (Wildman–Crippen LogP) is 2.69. The highest BCUT2D eigenvalue weighted by Gasteiger charge is 1.92. The molecule has 0 unspecified atom stereocenters. The van der Waals surface area contributed by atoms with Crippen molar-refractivity contribution in [1.29, 1.82) is 0 Å². The summed E-state index contributed by atoms with van der Waals surface area (Å²) in [5, 5.41) is 0. The molecule has 0 heterocycles. The van der Waals surface area contributed by atoms with Gasteiger partial charge in [-0.05, 0) is 25.6 Å². The van der Waals surface area contributed by atoms with Gasteiger partial charge in [-0.1, -0.05) is 38.7 Å². The lowest BCUT2D eigenvalue weighted by Gasteiger charge is -2.14. The van der Waals surface area contributed by atoms with Crippen LogP contribution in [0.15, 0.2) is 12.2 Å². The van der Waals surface area contributed by atoms with Crippen LogP contribution in [-0.4, -0.2) is 24.5 Å². The molecule has 0 N–H and O–H groups in total. The zero-order chi connectivity index (χ0) is 9.94. The van der Waals surface area contributed by atoms with Gasteiger partial charge >= 0.3 is 0 Å². The number of rotatable bonds is 5. The first kappa shape index (κ1) is 12.3. The summed E-state index contributed by atoms with van der Waals surface area (Å²) in [4.78, 5) is 2.36. The molecule has 0 rings (SSSR count). The van der Waals surface area contributed by atoms with Crippen molar-refractivity contribution in [3.8, 4) is 11.8 Å². The summed E-state index contributed by atoms with van der Waals surface area (Å²) in [6.45, 7) is 9.76. The summed E-state index contributed by atoms with van der Waals surface area (Å²) >= 11 is 0. The molecular formula is C12H21N. The number of allylic oxidation sites excluding steroid dienone is 1. The van der Waals surface area contributed by atoms with Crippen molar-refractivity contribution in [2.24, 2.45) is 0 Å². The number of hydrogen-bond donors (Lipinski definition) is 0. The minimum absolute atomic E-state index is 1.01. The molecule has 0 aliphatic heterocycles. The molecule has 0 saturated carbocycles. The SMILES string of the molecule is CCCC#CC=CCN(CC)CC. The van der Waals surface area contributed by atoms with Gasteiger partial charge in [0, 0.05) is 13.0 Å². The molecule has 0 saturated heterocycles. The van der Waals surface area contributed by atoms with Crippen molar-refractivity contribution in [3.05, 3.63) is 12.2 Å². The molecule has 0 bridgehead atoms. The third kappa shape index (κ3) is 7.62. The molecule has 0 aromatic carbocycles. The van der Waals surface area contributed by atoms with E-state index in [2.05, 4.69) is 43.6 Å². The van der Waals surface area contributed by atoms with Crippen LogP contribution in [0.5, 0.6) is 0 Å². The monoisotopic (exact) mass is 179 g/mol. The smallest absolute Gasteiger partial charge is 0.0172 e. The topological polar surface area (TPSA) is 3.24 Å². The van der Waals surface area contributed by atoms with Crippen LogP contribution in [-0.2, 0) is 0 Å². The van der Waals surface area contributed by atoms with E-state index in [9.17, 15) is 0 Å². The maximum atomic E-state index is 3.09. The van der Waals surface area contributed by atoms with Crippen LogP contribution in [0.1, 0.15) is 33.6 Å². The lowest BCUT2D eigenvalue weighted by molar-refractivity contribution is 0.337. The fourth-order valence-corrected chi connectivity index (χ4v) is 0.999. The third-order valence-corrected chi connectivity index (χ3v) is 1.94. The van der Waals surface area contributed by atoms with Gasteiger partial charge in [-0.3, -0.25) is 0 Å². The van der Waals surface area contributed by atoms with Crippen molar-refractivity contribution < 1.29 is 0 Å². The quantitative estimate of drug-likeness (QED) is 0.586. The van der Waals surface area contributed by atoms with Crippen molar-refractivity contribution in [2.45, 2.75) is 33.6 Å². The highest BCUT2D eigenvalue weighted by Crippen LogP contribution is 1.87. The minimum Gasteiger partial charge on any atom is -0.300 e. The van der Waals surface area contributed by atoms with Gasteiger partial charge in [0.25, 0.3) is 0 Å². The maximum Gasteiger partial charge on any atom is 0.0172 e. The second-order valence-electron chi connectivity index (χ2n) is 2.96. The Morgan fingerprint density at radius 3 is 2.38 bits per heavy atom. The zero-order valence-corrected chi connectivity index (χ0v) is 9.14. The molecule has 1 nitrogen and oxygen atoms in total. The van der Waals surface area contributed by atoms with Crippen LogP contribution in [0.4, 0.5) is 0 Å². The summed E-state index contributed by atoms with van der Waals surface area (Å²) in [5.74, 6) is 6.12. The van der Waals surface area contributed by atoms with Crippen LogP contribution in [0, 0.1) is 11.8 Å². The van der Waals surface area contributed by atoms with Crippen LogP contribution < -0.4 is 0 Å². The Morgan fingerprint density at radius 2 is 1.85 bits per heavy atom. The summed E-state index contributed by atoms with van der Waals surface area (Å²) in [6, 6.07) is 0. The van der Waals surface area contributed by atoms with Crippen molar-refractivity contribution in [3.63, 3.8) is 0 Å². The van der Waals surface area contributed by atoms with E-state index in [-0.39, 0.29) is 0 Å². The molecule has 0 aliphatic carbocycles. The summed E-state index contributed by atoms with van der Waals surface area (Å²) in [6.07, 6.45) is 6.26.